The summed E-state index contributed by atoms with van der Waals surface area (Å²) in [5, 5.41) is 9.50. The number of nitrogens with zero attached hydrogens (tertiary/aromatic N) is 1. The van der Waals surface area contributed by atoms with Crippen molar-refractivity contribution in [2.45, 2.75) is 6.92 Å². The second kappa shape index (κ2) is 3.41. The largest absolute Gasteiger partial charge is 0.508 e. The average molecular weight is 223 g/mol. The quantitative estimate of drug-likeness (QED) is 0.726. The van der Waals surface area contributed by atoms with Crippen LogP contribution in [0.4, 0.5) is 4.79 Å². The first-order chi connectivity index (χ1) is 7.56. The molecule has 16 heavy (non-hydrogen) atoms. The van der Waals surface area contributed by atoms with Gasteiger partial charge in [0, 0.05) is 5.56 Å². The van der Waals surface area contributed by atoms with E-state index in [0.717, 1.165) is 11.7 Å². The van der Waals surface area contributed by atoms with Crippen LogP contribution in [-0.4, -0.2) is 22.9 Å². The number of hydrogen-bond acceptors (Lipinski definition) is 5. The van der Waals surface area contributed by atoms with Gasteiger partial charge in [-0.05, 0) is 19.1 Å². The van der Waals surface area contributed by atoms with E-state index < -0.39 is 11.8 Å². The number of aromatic nitrogens is 1. The van der Waals surface area contributed by atoms with Crippen LogP contribution in [0.5, 0.6) is 5.75 Å². The first kappa shape index (κ1) is 10.3. The summed E-state index contributed by atoms with van der Waals surface area (Å²) < 4.78 is 10.1. The lowest BCUT2D eigenvalue weighted by Crippen LogP contribution is -2.23. The number of fused-ring (bicyclic) bond motifs is 1. The number of aryl methyl sites for hydroxylation is 1. The Balaban J connectivity index is 2.92. The fraction of sp³-hybridized carbons (Fsp3) is 0.200. The van der Waals surface area contributed by atoms with Gasteiger partial charge < -0.3 is 14.3 Å². The maximum Gasteiger partial charge on any atom is 0.429 e. The maximum atomic E-state index is 11.4. The highest BCUT2D eigenvalue weighted by Gasteiger charge is 2.19. The van der Waals surface area contributed by atoms with E-state index >= 15 is 0 Å². The fourth-order valence-corrected chi connectivity index (χ4v) is 1.51. The standard InChI is InChI=1S/C10H9NO5/c1-5-6(12)3-4-7-8(5)11(9(13)15-2)10(14)16-7/h3-4,12H,1-2H3. The molecule has 0 saturated carbocycles. The number of carbonyl (C=O) groups is 1. The minimum Gasteiger partial charge on any atom is -0.508 e. The number of oxazole rings is 1. The molecular formula is C10H9NO5. The van der Waals surface area contributed by atoms with Crippen molar-refractivity contribution in [3.63, 3.8) is 0 Å². The Hall–Kier alpha value is -2.24. The number of phenolic OH excluding ortho intramolecular Hbond substituents is 1. The first-order valence-electron chi connectivity index (χ1n) is 4.48. The molecular weight excluding hydrogens is 214 g/mol. The topological polar surface area (TPSA) is 81.7 Å². The molecule has 0 spiro atoms. The maximum absolute atomic E-state index is 11.4. The summed E-state index contributed by atoms with van der Waals surface area (Å²) in [6, 6.07) is 2.81. The van der Waals surface area contributed by atoms with Crippen molar-refractivity contribution in [1.82, 2.24) is 4.57 Å². The van der Waals surface area contributed by atoms with Crippen molar-refractivity contribution >= 4 is 17.2 Å². The molecule has 0 radical (unpaired) electrons. The average Bonchev–Trinajstić information content (AvgIpc) is 2.60. The predicted molar refractivity (Wildman–Crippen MR) is 54.7 cm³/mol. The van der Waals surface area contributed by atoms with Gasteiger partial charge in [0.1, 0.15) is 11.3 Å². The number of benzene rings is 1. The smallest absolute Gasteiger partial charge is 0.429 e. The summed E-state index contributed by atoms with van der Waals surface area (Å²) in [5.41, 5.74) is 0.830. The van der Waals surface area contributed by atoms with E-state index in [1.54, 1.807) is 6.92 Å². The number of aromatic hydroxyl groups is 1. The number of phenols is 1. The number of methoxy groups -OCH3 is 1. The summed E-state index contributed by atoms with van der Waals surface area (Å²) in [7, 11) is 1.16. The van der Waals surface area contributed by atoms with Gasteiger partial charge in [0.25, 0.3) is 0 Å². The third-order valence-corrected chi connectivity index (χ3v) is 2.33. The lowest BCUT2D eigenvalue weighted by molar-refractivity contribution is 0.171. The van der Waals surface area contributed by atoms with Gasteiger partial charge in [-0.2, -0.15) is 4.57 Å². The molecule has 0 aliphatic carbocycles. The normalized spacial score (nSPS) is 10.6. The van der Waals surface area contributed by atoms with E-state index in [4.69, 9.17) is 4.42 Å². The van der Waals surface area contributed by atoms with E-state index in [9.17, 15) is 14.7 Å². The van der Waals surface area contributed by atoms with Gasteiger partial charge in [0.15, 0.2) is 5.58 Å². The molecule has 0 atom stereocenters. The zero-order valence-corrected chi connectivity index (χ0v) is 8.68. The molecule has 1 aromatic heterocycles. The Kier molecular flexibility index (Phi) is 2.19. The molecule has 2 aromatic rings. The van der Waals surface area contributed by atoms with Crippen LogP contribution >= 0.6 is 0 Å². The van der Waals surface area contributed by atoms with Crippen LogP contribution in [0.3, 0.4) is 0 Å². The van der Waals surface area contributed by atoms with Crippen molar-refractivity contribution in [3.8, 4) is 5.75 Å². The minimum atomic E-state index is -0.850. The van der Waals surface area contributed by atoms with E-state index in [2.05, 4.69) is 4.74 Å². The number of carbonyl (C=O) groups excluding carboxylic acids is 1. The monoisotopic (exact) mass is 223 g/mol. The molecule has 6 heteroatoms. The molecule has 2 rings (SSSR count). The predicted octanol–water partition coefficient (Wildman–Crippen LogP) is 1.22. The van der Waals surface area contributed by atoms with Crippen LogP contribution in [0.15, 0.2) is 21.3 Å². The molecule has 1 aromatic carbocycles. The van der Waals surface area contributed by atoms with Gasteiger partial charge >= 0.3 is 11.8 Å². The summed E-state index contributed by atoms with van der Waals surface area (Å²) in [5.74, 6) is -0.860. The lowest BCUT2D eigenvalue weighted by atomic mass is 10.2. The highest BCUT2D eigenvalue weighted by Crippen LogP contribution is 2.25. The number of rotatable bonds is 0. The van der Waals surface area contributed by atoms with E-state index in [1.807, 2.05) is 0 Å². The molecule has 1 heterocycles. The molecule has 0 fully saturated rings. The van der Waals surface area contributed by atoms with Crippen LogP contribution in [0, 0.1) is 6.92 Å². The van der Waals surface area contributed by atoms with E-state index in [0.29, 0.717) is 5.56 Å². The highest BCUT2D eigenvalue weighted by molar-refractivity contribution is 5.88. The van der Waals surface area contributed by atoms with Crippen LogP contribution in [0.2, 0.25) is 0 Å². The van der Waals surface area contributed by atoms with Crippen LogP contribution in [-0.2, 0) is 4.74 Å². The van der Waals surface area contributed by atoms with Gasteiger partial charge in [0.2, 0.25) is 0 Å². The molecule has 0 aliphatic rings. The molecule has 84 valence electrons. The summed E-state index contributed by atoms with van der Waals surface area (Å²) in [4.78, 5) is 22.8. The van der Waals surface area contributed by atoms with Crippen molar-refractivity contribution in [1.29, 1.82) is 0 Å². The first-order valence-corrected chi connectivity index (χ1v) is 4.48. The van der Waals surface area contributed by atoms with Crippen molar-refractivity contribution in [2.24, 2.45) is 0 Å². The van der Waals surface area contributed by atoms with E-state index in [-0.39, 0.29) is 16.8 Å². The van der Waals surface area contributed by atoms with E-state index in [1.165, 1.54) is 12.1 Å². The number of ether oxygens (including phenoxy) is 1. The Morgan fingerprint density at radius 1 is 1.50 bits per heavy atom. The lowest BCUT2D eigenvalue weighted by Gasteiger charge is -2.02. The van der Waals surface area contributed by atoms with Crippen molar-refractivity contribution in [3.05, 3.63) is 28.2 Å². The van der Waals surface area contributed by atoms with Gasteiger partial charge in [0.05, 0.1) is 7.11 Å². The summed E-state index contributed by atoms with van der Waals surface area (Å²) in [6.07, 6.45) is -0.850. The third kappa shape index (κ3) is 1.27. The van der Waals surface area contributed by atoms with Gasteiger partial charge in [-0.25, -0.2) is 9.59 Å². The molecule has 1 N–H and O–H groups in total. The molecule has 0 bridgehead atoms. The summed E-state index contributed by atoms with van der Waals surface area (Å²) in [6.45, 7) is 1.58. The Morgan fingerprint density at radius 3 is 2.81 bits per heavy atom. The highest BCUT2D eigenvalue weighted by atomic mass is 16.5. The van der Waals surface area contributed by atoms with Crippen LogP contribution in [0.25, 0.3) is 11.1 Å². The van der Waals surface area contributed by atoms with Gasteiger partial charge in [-0.15, -0.1) is 0 Å². The zero-order valence-electron chi connectivity index (χ0n) is 8.68. The summed E-state index contributed by atoms with van der Waals surface area (Å²) >= 11 is 0. The molecule has 0 aliphatic heterocycles. The Morgan fingerprint density at radius 2 is 2.19 bits per heavy atom. The molecule has 6 nitrogen and oxygen atoms in total. The fourth-order valence-electron chi connectivity index (χ4n) is 1.51. The Labute approximate surface area is 89.7 Å². The zero-order chi connectivity index (χ0) is 11.9. The minimum absolute atomic E-state index is 0.0223. The molecule has 0 amide bonds. The van der Waals surface area contributed by atoms with Crippen molar-refractivity contribution in [2.75, 3.05) is 7.11 Å². The second-order valence-electron chi connectivity index (χ2n) is 3.23. The molecule has 0 unspecified atom stereocenters. The molecule has 0 saturated heterocycles. The SMILES string of the molecule is COC(=O)n1c(=O)oc2ccc(O)c(C)c21. The second-order valence-corrected chi connectivity index (χ2v) is 3.23. The van der Waals surface area contributed by atoms with Gasteiger partial charge in [-0.3, -0.25) is 0 Å². The number of hydrogen-bond donors (Lipinski definition) is 1. The van der Waals surface area contributed by atoms with Crippen LogP contribution < -0.4 is 5.76 Å². The third-order valence-electron chi connectivity index (χ3n) is 2.33. The van der Waals surface area contributed by atoms with Gasteiger partial charge in [-0.1, -0.05) is 0 Å². The Bertz CT molecular complexity index is 622. The van der Waals surface area contributed by atoms with Crippen LogP contribution in [0.1, 0.15) is 5.56 Å². The van der Waals surface area contributed by atoms with Crippen molar-refractivity contribution < 1.29 is 19.1 Å².